The second-order valence-electron chi connectivity index (χ2n) is 15.1. The molecule has 0 spiro atoms. The molecule has 6 N–H and O–H groups in total. The molecule has 0 bridgehead atoms. The molecule has 0 radical (unpaired) electrons. The molecular formula is C40H30Cl4F6N6O9S. The number of hydrogen-bond acceptors (Lipinski definition) is 13. The SMILES string of the molecule is O=S([C@@]1(c2ccc(Cl)c(Cl)c2)O[C@H](CO)[C@H](O)[C@H](n2cc(-c3cc(F)c(F)c(F)c3)nn2)[C@H]1O)[C@@]1(c2ccc(Cl)c(Cl)c2)O[C@H](CO)[C@H](O)[C@H](n2cc(-c3cc(F)c(F)c(F)c3)nn2)[C@H]1O. The Morgan fingerprint density at radius 1 is 0.576 bits per heavy atom. The van der Waals surface area contributed by atoms with Gasteiger partial charge in [0.1, 0.15) is 70.9 Å². The maximum Gasteiger partial charge on any atom is 0.199 e. The van der Waals surface area contributed by atoms with Gasteiger partial charge in [-0.2, -0.15) is 0 Å². The van der Waals surface area contributed by atoms with Crippen LogP contribution >= 0.6 is 46.4 Å². The van der Waals surface area contributed by atoms with Crippen molar-refractivity contribution in [1.29, 1.82) is 0 Å². The molecule has 2 fully saturated rings. The summed E-state index contributed by atoms with van der Waals surface area (Å²) in [5.41, 5.74) is -2.06. The van der Waals surface area contributed by atoms with Gasteiger partial charge in [0.05, 0.1) is 45.7 Å². The number of rotatable bonds is 10. The predicted octanol–water partition coefficient (Wildman–Crippen LogP) is 5.11. The summed E-state index contributed by atoms with van der Waals surface area (Å²) in [6, 6.07) is 5.42. The fourth-order valence-corrected chi connectivity index (χ4v) is 10.9. The Balaban J connectivity index is 1.36. The van der Waals surface area contributed by atoms with Crippen LogP contribution in [0.3, 0.4) is 0 Å². The second kappa shape index (κ2) is 18.3. The Kier molecular flexibility index (Phi) is 13.4. The summed E-state index contributed by atoms with van der Waals surface area (Å²) in [7, 11) is -3.34. The lowest BCUT2D eigenvalue weighted by molar-refractivity contribution is -0.243. The van der Waals surface area contributed by atoms with Crippen molar-refractivity contribution in [3.8, 4) is 22.5 Å². The molecule has 350 valence electrons. The van der Waals surface area contributed by atoms with Crippen molar-refractivity contribution in [3.05, 3.63) is 139 Å². The summed E-state index contributed by atoms with van der Waals surface area (Å²) in [4.78, 5) is -5.91. The first kappa shape index (κ1) is 48.2. The first-order valence-electron chi connectivity index (χ1n) is 19.0. The molecule has 6 aromatic rings. The second-order valence-corrected chi connectivity index (χ2v) is 18.4. The number of hydrogen-bond donors (Lipinski definition) is 6. The average molecular weight is 1030 g/mol. The lowest BCUT2D eigenvalue weighted by Gasteiger charge is -2.55. The standard InChI is InChI=1S/C40H30Cl4F6N6O9S/c41-19-3-1-17(9-21(19)43)39(37(61)33(35(59)29(13-57)64-39)55-11-27(51-53-55)15-5-23(45)31(49)24(46)6-15)66(63)40(18-2-4-20(42)22(44)10-18)38(62)34(36(60)30(14-58)65-40)56-12-28(52-54-56)16-7-25(47)32(50)26(48)8-16/h1-12,29-30,33-38,57-62H,13-14H2/t29-,30-,33+,34+,35+,36+,37-,38-,39-,40-/m1/s1. The molecule has 2 aliphatic rings. The number of aliphatic hydroxyl groups excluding tert-OH is 6. The van der Waals surface area contributed by atoms with E-state index in [1.165, 1.54) is 24.3 Å². The summed E-state index contributed by atoms with van der Waals surface area (Å²) in [5.74, 6) is -9.95. The molecule has 4 aromatic carbocycles. The van der Waals surface area contributed by atoms with Crippen molar-refractivity contribution in [2.24, 2.45) is 0 Å². The van der Waals surface area contributed by atoms with Gasteiger partial charge in [-0.05, 0) is 48.5 Å². The summed E-state index contributed by atoms with van der Waals surface area (Å²) < 4.78 is 116. The third-order valence-electron chi connectivity index (χ3n) is 11.3. The van der Waals surface area contributed by atoms with Gasteiger partial charge in [-0.15, -0.1) is 10.2 Å². The van der Waals surface area contributed by atoms with E-state index < -0.39 is 117 Å². The molecule has 2 aromatic heterocycles. The molecule has 4 heterocycles. The van der Waals surface area contributed by atoms with Gasteiger partial charge in [0.2, 0.25) is 0 Å². The highest BCUT2D eigenvalue weighted by molar-refractivity contribution is 7.86. The summed E-state index contributed by atoms with van der Waals surface area (Å²) in [5, 5.41) is 85.7. The molecule has 0 aliphatic carbocycles. The highest BCUT2D eigenvalue weighted by Crippen LogP contribution is 2.56. The maximum absolute atomic E-state index is 16.5. The van der Waals surface area contributed by atoms with Crippen LogP contribution in [0.25, 0.3) is 22.5 Å². The topological polar surface area (TPSA) is 218 Å². The molecule has 0 amide bonds. The molecule has 0 unspecified atom stereocenters. The Labute approximate surface area is 389 Å². The zero-order valence-electron chi connectivity index (χ0n) is 32.7. The van der Waals surface area contributed by atoms with Gasteiger partial charge in [-0.25, -0.2) is 35.7 Å². The molecule has 2 saturated heterocycles. The van der Waals surface area contributed by atoms with Gasteiger partial charge in [-0.3, -0.25) is 4.21 Å². The molecule has 0 saturated carbocycles. The van der Waals surface area contributed by atoms with Crippen LogP contribution in [0, 0.1) is 34.9 Å². The van der Waals surface area contributed by atoms with E-state index in [9.17, 15) is 57.0 Å². The van der Waals surface area contributed by atoms with E-state index in [4.69, 9.17) is 55.9 Å². The zero-order chi connectivity index (χ0) is 47.7. The van der Waals surface area contributed by atoms with Gasteiger partial charge in [0, 0.05) is 22.3 Å². The minimum atomic E-state index is -3.34. The van der Waals surface area contributed by atoms with Crippen molar-refractivity contribution in [1.82, 2.24) is 30.0 Å². The van der Waals surface area contributed by atoms with Crippen molar-refractivity contribution >= 4 is 57.2 Å². The van der Waals surface area contributed by atoms with Crippen LogP contribution in [0.4, 0.5) is 26.3 Å². The molecule has 66 heavy (non-hydrogen) atoms. The highest BCUT2D eigenvalue weighted by atomic mass is 35.5. The fourth-order valence-electron chi connectivity index (χ4n) is 8.05. The Morgan fingerprint density at radius 3 is 1.24 bits per heavy atom. The number of nitrogens with zero attached hydrogens (tertiary/aromatic N) is 6. The van der Waals surface area contributed by atoms with Crippen LogP contribution in [0.2, 0.25) is 20.1 Å². The van der Waals surface area contributed by atoms with Gasteiger partial charge in [0.15, 0.2) is 44.8 Å². The van der Waals surface area contributed by atoms with E-state index in [0.29, 0.717) is 24.3 Å². The molecule has 15 nitrogen and oxygen atoms in total. The Hall–Kier alpha value is -4.27. The maximum atomic E-state index is 16.5. The van der Waals surface area contributed by atoms with E-state index in [2.05, 4.69) is 20.6 Å². The first-order valence-corrected chi connectivity index (χ1v) is 21.7. The normalized spacial score (nSPS) is 28.0. The molecular weight excluding hydrogens is 996 g/mol. The minimum absolute atomic E-state index is 0.0822. The van der Waals surface area contributed by atoms with Crippen LogP contribution < -0.4 is 0 Å². The summed E-state index contributed by atoms with van der Waals surface area (Å²) >= 11 is 25.6. The lowest BCUT2D eigenvalue weighted by atomic mass is 9.87. The molecule has 2 aliphatic heterocycles. The van der Waals surface area contributed by atoms with Gasteiger partial charge in [-0.1, -0.05) is 69.0 Å². The van der Waals surface area contributed by atoms with Gasteiger partial charge in [0.25, 0.3) is 0 Å². The van der Waals surface area contributed by atoms with Crippen molar-refractivity contribution < 1.29 is 70.7 Å². The lowest BCUT2D eigenvalue weighted by Crippen LogP contribution is -2.70. The minimum Gasteiger partial charge on any atom is -0.394 e. The van der Waals surface area contributed by atoms with E-state index in [0.717, 1.165) is 33.9 Å². The number of aliphatic hydroxyl groups is 6. The number of aromatic nitrogens is 6. The Bertz CT molecular complexity index is 2640. The molecule has 26 heteroatoms. The van der Waals surface area contributed by atoms with E-state index in [-0.39, 0.29) is 53.7 Å². The van der Waals surface area contributed by atoms with Crippen LogP contribution in [-0.2, 0) is 30.1 Å². The number of halogens is 10. The van der Waals surface area contributed by atoms with Crippen molar-refractivity contribution in [2.45, 2.75) is 58.6 Å². The highest BCUT2D eigenvalue weighted by Gasteiger charge is 2.69. The van der Waals surface area contributed by atoms with E-state index in [1.54, 1.807) is 0 Å². The van der Waals surface area contributed by atoms with Crippen molar-refractivity contribution in [3.63, 3.8) is 0 Å². The number of benzene rings is 4. The van der Waals surface area contributed by atoms with Crippen LogP contribution in [-0.4, -0.2) is 115 Å². The fraction of sp³-hybridized carbons (Fsp3) is 0.300. The number of ether oxygens (including phenoxy) is 2. The average Bonchev–Trinajstić information content (AvgIpc) is 3.98. The quantitative estimate of drug-likeness (QED) is 0.0778. The summed E-state index contributed by atoms with van der Waals surface area (Å²) in [6.07, 6.45) is -10.7. The third kappa shape index (κ3) is 7.88. The monoisotopic (exact) mass is 1020 g/mol. The molecule has 10 atom stereocenters. The van der Waals surface area contributed by atoms with Crippen LogP contribution in [0.5, 0.6) is 0 Å². The van der Waals surface area contributed by atoms with Crippen molar-refractivity contribution in [2.75, 3.05) is 13.2 Å². The van der Waals surface area contributed by atoms with Gasteiger partial charge >= 0.3 is 0 Å². The zero-order valence-corrected chi connectivity index (χ0v) is 36.6. The predicted molar refractivity (Wildman–Crippen MR) is 221 cm³/mol. The van der Waals surface area contributed by atoms with E-state index >= 15 is 4.21 Å². The third-order valence-corrected chi connectivity index (χ3v) is 15.0. The smallest absolute Gasteiger partial charge is 0.199 e. The van der Waals surface area contributed by atoms with Crippen LogP contribution in [0.15, 0.2) is 73.1 Å². The van der Waals surface area contributed by atoms with Crippen LogP contribution in [0.1, 0.15) is 23.2 Å². The van der Waals surface area contributed by atoms with E-state index in [1.807, 2.05) is 0 Å². The van der Waals surface area contributed by atoms with Gasteiger partial charge < -0.3 is 40.1 Å². The largest absolute Gasteiger partial charge is 0.394 e. The molecule has 8 rings (SSSR count). The Morgan fingerprint density at radius 2 is 0.924 bits per heavy atom. The summed E-state index contributed by atoms with van der Waals surface area (Å²) in [6.45, 7) is -2.20. The first-order chi connectivity index (χ1) is 31.3.